The van der Waals surface area contributed by atoms with Gasteiger partial charge in [0, 0.05) is 23.7 Å². The van der Waals surface area contributed by atoms with Crippen molar-refractivity contribution in [3.05, 3.63) is 40.4 Å². The van der Waals surface area contributed by atoms with Crippen LogP contribution in [0.2, 0.25) is 0 Å². The van der Waals surface area contributed by atoms with Crippen molar-refractivity contribution >= 4 is 28.1 Å². The number of aromatic nitrogens is 1. The molecule has 1 aromatic carbocycles. The van der Waals surface area contributed by atoms with Gasteiger partial charge in [-0.05, 0) is 36.6 Å². The van der Waals surface area contributed by atoms with Crippen LogP contribution in [0.15, 0.2) is 23.6 Å². The van der Waals surface area contributed by atoms with Crippen LogP contribution in [0.3, 0.4) is 0 Å². The summed E-state index contributed by atoms with van der Waals surface area (Å²) in [6.45, 7) is 6.10. The van der Waals surface area contributed by atoms with E-state index in [2.05, 4.69) is 29.5 Å². The molecule has 0 fully saturated rings. The molecule has 4 nitrogen and oxygen atoms in total. The van der Waals surface area contributed by atoms with E-state index >= 15 is 0 Å². The van der Waals surface area contributed by atoms with E-state index in [4.69, 9.17) is 0 Å². The third-order valence-corrected chi connectivity index (χ3v) is 3.87. The summed E-state index contributed by atoms with van der Waals surface area (Å²) in [7, 11) is 1.86. The van der Waals surface area contributed by atoms with E-state index in [9.17, 15) is 4.79 Å². The quantitative estimate of drug-likeness (QED) is 0.898. The molecule has 0 saturated heterocycles. The van der Waals surface area contributed by atoms with E-state index in [1.807, 2.05) is 37.6 Å². The molecular weight excluding hydrogens is 270 g/mol. The largest absolute Gasteiger partial charge is 0.388 e. The molecule has 2 N–H and O–H groups in total. The molecule has 0 aliphatic carbocycles. The molecule has 0 bridgehead atoms. The maximum absolute atomic E-state index is 12.2. The van der Waals surface area contributed by atoms with Gasteiger partial charge in [-0.1, -0.05) is 13.8 Å². The number of hydrogen-bond acceptors (Lipinski definition) is 4. The minimum atomic E-state index is -0.116. The smallest absolute Gasteiger partial charge is 0.257 e. The van der Waals surface area contributed by atoms with Gasteiger partial charge < -0.3 is 5.32 Å². The topological polar surface area (TPSA) is 54.0 Å². The highest BCUT2D eigenvalue weighted by Crippen LogP contribution is 2.23. The summed E-state index contributed by atoms with van der Waals surface area (Å²) in [5.41, 5.74) is 3.61. The predicted molar refractivity (Wildman–Crippen MR) is 84.9 cm³/mol. The van der Waals surface area contributed by atoms with E-state index < -0.39 is 0 Å². The van der Waals surface area contributed by atoms with E-state index in [0.717, 1.165) is 16.9 Å². The number of carbonyl (C=O) groups excluding carboxylic acids is 1. The Morgan fingerprint density at radius 2 is 2.10 bits per heavy atom. The van der Waals surface area contributed by atoms with Gasteiger partial charge in [0.2, 0.25) is 0 Å². The molecule has 1 amide bonds. The molecule has 0 unspecified atom stereocenters. The van der Waals surface area contributed by atoms with Gasteiger partial charge in [-0.15, -0.1) is 11.3 Å². The molecule has 5 heteroatoms. The van der Waals surface area contributed by atoms with Crippen molar-refractivity contribution in [1.29, 1.82) is 0 Å². The SMILES string of the molecule is CNc1ccc(C(=O)Nc2nc(C(C)C)cs2)c(C)c1. The van der Waals surface area contributed by atoms with Gasteiger partial charge in [-0.2, -0.15) is 0 Å². The fraction of sp³-hybridized carbons (Fsp3) is 0.333. The lowest BCUT2D eigenvalue weighted by atomic mass is 10.1. The molecule has 0 atom stereocenters. The normalized spacial score (nSPS) is 10.7. The molecular formula is C15H19N3OS. The molecule has 2 rings (SSSR count). The number of anilines is 2. The fourth-order valence-electron chi connectivity index (χ4n) is 1.85. The van der Waals surface area contributed by atoms with Gasteiger partial charge in [-0.3, -0.25) is 10.1 Å². The van der Waals surface area contributed by atoms with E-state index in [1.54, 1.807) is 0 Å². The summed E-state index contributed by atoms with van der Waals surface area (Å²) in [5, 5.41) is 8.55. The molecule has 0 aliphatic rings. The van der Waals surface area contributed by atoms with Crippen LogP contribution in [-0.2, 0) is 0 Å². The maximum Gasteiger partial charge on any atom is 0.257 e. The zero-order chi connectivity index (χ0) is 14.7. The van der Waals surface area contributed by atoms with E-state index in [-0.39, 0.29) is 5.91 Å². The van der Waals surface area contributed by atoms with Crippen LogP contribution < -0.4 is 10.6 Å². The lowest BCUT2D eigenvalue weighted by molar-refractivity contribution is 0.102. The number of nitrogens with one attached hydrogen (secondary N) is 2. The minimum absolute atomic E-state index is 0.116. The second kappa shape index (κ2) is 6.05. The fourth-order valence-corrected chi connectivity index (χ4v) is 2.71. The van der Waals surface area contributed by atoms with Gasteiger partial charge in [0.25, 0.3) is 5.91 Å². The summed E-state index contributed by atoms with van der Waals surface area (Å²) >= 11 is 1.46. The molecule has 0 aliphatic heterocycles. The highest BCUT2D eigenvalue weighted by atomic mass is 32.1. The summed E-state index contributed by atoms with van der Waals surface area (Å²) in [5.74, 6) is 0.253. The first kappa shape index (κ1) is 14.5. The van der Waals surface area contributed by atoms with Crippen molar-refractivity contribution in [1.82, 2.24) is 4.98 Å². The third-order valence-electron chi connectivity index (χ3n) is 3.09. The average molecular weight is 289 g/mol. The molecule has 106 valence electrons. The Labute approximate surface area is 123 Å². The zero-order valence-corrected chi connectivity index (χ0v) is 13.0. The van der Waals surface area contributed by atoms with Crippen molar-refractivity contribution in [3.63, 3.8) is 0 Å². The molecule has 0 radical (unpaired) electrons. The molecule has 0 spiro atoms. The monoisotopic (exact) mass is 289 g/mol. The van der Waals surface area contributed by atoms with Gasteiger partial charge in [-0.25, -0.2) is 4.98 Å². The van der Waals surface area contributed by atoms with Gasteiger partial charge >= 0.3 is 0 Å². The summed E-state index contributed by atoms with van der Waals surface area (Å²) in [6, 6.07) is 5.67. The van der Waals surface area contributed by atoms with Crippen LogP contribution in [0.5, 0.6) is 0 Å². The first-order chi connectivity index (χ1) is 9.51. The zero-order valence-electron chi connectivity index (χ0n) is 12.2. The average Bonchev–Trinajstić information content (AvgIpc) is 2.87. The summed E-state index contributed by atoms with van der Waals surface area (Å²) in [4.78, 5) is 16.7. The van der Waals surface area contributed by atoms with Crippen molar-refractivity contribution < 1.29 is 4.79 Å². The van der Waals surface area contributed by atoms with Crippen molar-refractivity contribution in [2.24, 2.45) is 0 Å². The first-order valence-electron chi connectivity index (χ1n) is 6.56. The minimum Gasteiger partial charge on any atom is -0.388 e. The lowest BCUT2D eigenvalue weighted by Gasteiger charge is -2.08. The molecule has 2 aromatic rings. The Hall–Kier alpha value is -1.88. The van der Waals surface area contributed by atoms with Crippen LogP contribution >= 0.6 is 11.3 Å². The second-order valence-corrected chi connectivity index (χ2v) is 5.82. The predicted octanol–water partition coefficient (Wildman–Crippen LogP) is 3.87. The van der Waals surface area contributed by atoms with E-state index in [0.29, 0.717) is 16.6 Å². The van der Waals surface area contributed by atoms with Crippen molar-refractivity contribution in [2.45, 2.75) is 26.7 Å². The van der Waals surface area contributed by atoms with Crippen LogP contribution in [0.4, 0.5) is 10.8 Å². The van der Waals surface area contributed by atoms with Gasteiger partial charge in [0.15, 0.2) is 5.13 Å². The van der Waals surface area contributed by atoms with Gasteiger partial charge in [0.05, 0.1) is 5.69 Å². The Morgan fingerprint density at radius 1 is 1.35 bits per heavy atom. The third kappa shape index (κ3) is 3.17. The second-order valence-electron chi connectivity index (χ2n) is 4.97. The number of nitrogens with zero attached hydrogens (tertiary/aromatic N) is 1. The number of thiazole rings is 1. The first-order valence-corrected chi connectivity index (χ1v) is 7.44. The molecule has 0 saturated carbocycles. The highest BCUT2D eigenvalue weighted by molar-refractivity contribution is 7.14. The molecule has 20 heavy (non-hydrogen) atoms. The lowest BCUT2D eigenvalue weighted by Crippen LogP contribution is -2.13. The molecule has 1 heterocycles. The highest BCUT2D eigenvalue weighted by Gasteiger charge is 2.12. The van der Waals surface area contributed by atoms with Crippen molar-refractivity contribution in [3.8, 4) is 0 Å². The maximum atomic E-state index is 12.2. The standard InChI is InChI=1S/C15H19N3OS/c1-9(2)13-8-20-15(17-13)18-14(19)12-6-5-11(16-4)7-10(12)3/h5-9,16H,1-4H3,(H,17,18,19). The summed E-state index contributed by atoms with van der Waals surface area (Å²) in [6.07, 6.45) is 0. The summed E-state index contributed by atoms with van der Waals surface area (Å²) < 4.78 is 0. The van der Waals surface area contributed by atoms with Crippen molar-refractivity contribution in [2.75, 3.05) is 17.7 Å². The van der Waals surface area contributed by atoms with Gasteiger partial charge in [0.1, 0.15) is 0 Å². The Morgan fingerprint density at radius 3 is 2.65 bits per heavy atom. The van der Waals surface area contributed by atoms with Crippen LogP contribution in [0, 0.1) is 6.92 Å². The van der Waals surface area contributed by atoms with Crippen LogP contribution in [-0.4, -0.2) is 17.9 Å². The number of carbonyl (C=O) groups is 1. The van der Waals surface area contributed by atoms with E-state index in [1.165, 1.54) is 11.3 Å². The van der Waals surface area contributed by atoms with Crippen LogP contribution in [0.1, 0.15) is 41.4 Å². The number of benzene rings is 1. The Bertz CT molecular complexity index is 619. The number of hydrogen-bond donors (Lipinski definition) is 2. The number of amides is 1. The van der Waals surface area contributed by atoms with Crippen LogP contribution in [0.25, 0.3) is 0 Å². The number of rotatable bonds is 4. The Kier molecular flexibility index (Phi) is 4.39. The number of aryl methyl sites for hydroxylation is 1. The molecule has 1 aromatic heterocycles. The Balaban J connectivity index is 2.15.